The lowest BCUT2D eigenvalue weighted by atomic mass is 10.1. The molecule has 0 bridgehead atoms. The van der Waals surface area contributed by atoms with Gasteiger partial charge in [0.15, 0.2) is 0 Å². The minimum Gasteiger partial charge on any atom is -0.464 e. The molecule has 1 unspecified atom stereocenters. The fourth-order valence-electron chi connectivity index (χ4n) is 1.88. The maximum atomic E-state index is 12.0. The highest BCUT2D eigenvalue weighted by atomic mass is 32.2. The van der Waals surface area contributed by atoms with Gasteiger partial charge in [-0.15, -0.1) is 0 Å². The Morgan fingerprint density at radius 3 is 2.94 bits per heavy atom. The Hall–Kier alpha value is -0.590. The van der Waals surface area contributed by atoms with Crippen molar-refractivity contribution >= 4 is 11.8 Å². The molecule has 1 aromatic heterocycles. The maximum absolute atomic E-state index is 12.0. The molecule has 0 aromatic carbocycles. The van der Waals surface area contributed by atoms with Crippen LogP contribution in [0.4, 0.5) is 8.78 Å². The van der Waals surface area contributed by atoms with Gasteiger partial charge < -0.3 is 14.5 Å². The summed E-state index contributed by atoms with van der Waals surface area (Å²) < 4.78 is 34.7. The van der Waals surface area contributed by atoms with Crippen molar-refractivity contribution < 1.29 is 17.9 Å². The molecule has 0 radical (unpaired) electrons. The van der Waals surface area contributed by atoms with Crippen molar-refractivity contribution in [3.05, 3.63) is 23.7 Å². The van der Waals surface area contributed by atoms with Gasteiger partial charge in [0.2, 0.25) is 0 Å². The summed E-state index contributed by atoms with van der Waals surface area (Å²) in [7, 11) is 0. The topological polar surface area (TPSA) is 34.4 Å². The Bertz CT molecular complexity index is 354. The molecule has 1 N–H and O–H groups in total. The summed E-state index contributed by atoms with van der Waals surface area (Å²) in [5.74, 6) is -0.165. The van der Waals surface area contributed by atoms with E-state index in [9.17, 15) is 8.78 Å². The zero-order valence-electron chi connectivity index (χ0n) is 10.0. The zero-order chi connectivity index (χ0) is 12.8. The van der Waals surface area contributed by atoms with Crippen LogP contribution in [-0.4, -0.2) is 25.5 Å². The van der Waals surface area contributed by atoms with Gasteiger partial charge in [0, 0.05) is 13.2 Å². The van der Waals surface area contributed by atoms with Crippen LogP contribution in [0, 0.1) is 5.92 Å². The van der Waals surface area contributed by atoms with Gasteiger partial charge >= 0.3 is 0 Å². The molecule has 0 spiro atoms. The maximum Gasteiger partial charge on any atom is 0.284 e. The fraction of sp³-hybridized carbons (Fsp3) is 0.667. The number of alkyl halides is 2. The van der Waals surface area contributed by atoms with Gasteiger partial charge in [-0.2, -0.15) is 8.78 Å². The predicted molar refractivity (Wildman–Crippen MR) is 66.6 cm³/mol. The first kappa shape index (κ1) is 13.8. The largest absolute Gasteiger partial charge is 0.464 e. The highest BCUT2D eigenvalue weighted by molar-refractivity contribution is 7.98. The number of nitrogens with one attached hydrogen (secondary N) is 1. The van der Waals surface area contributed by atoms with Crippen LogP contribution in [0.5, 0.6) is 0 Å². The smallest absolute Gasteiger partial charge is 0.284 e. The summed E-state index contributed by atoms with van der Waals surface area (Å²) in [5.41, 5.74) is 0. The molecule has 1 atom stereocenters. The Labute approximate surface area is 109 Å². The second kappa shape index (κ2) is 7.11. The highest BCUT2D eigenvalue weighted by Gasteiger charge is 2.15. The van der Waals surface area contributed by atoms with Gasteiger partial charge in [0.1, 0.15) is 11.5 Å². The number of hydrogen-bond acceptors (Lipinski definition) is 4. The molecule has 1 aliphatic rings. The van der Waals surface area contributed by atoms with Crippen molar-refractivity contribution in [2.24, 2.45) is 5.92 Å². The Kier molecular flexibility index (Phi) is 5.46. The lowest BCUT2D eigenvalue weighted by Crippen LogP contribution is -2.22. The molecule has 0 saturated carbocycles. The molecule has 0 aliphatic carbocycles. The average Bonchev–Trinajstić information content (AvgIpc) is 2.97. The van der Waals surface area contributed by atoms with E-state index in [1.54, 1.807) is 6.07 Å². The van der Waals surface area contributed by atoms with Crippen molar-refractivity contribution in [2.45, 2.75) is 24.5 Å². The van der Waals surface area contributed by atoms with E-state index in [1.807, 2.05) is 6.07 Å². The van der Waals surface area contributed by atoms with E-state index >= 15 is 0 Å². The van der Waals surface area contributed by atoms with Crippen molar-refractivity contribution in [1.29, 1.82) is 0 Å². The van der Waals surface area contributed by atoms with Crippen molar-refractivity contribution in [3.8, 4) is 0 Å². The Balaban J connectivity index is 1.66. The van der Waals surface area contributed by atoms with E-state index in [2.05, 4.69) is 5.32 Å². The van der Waals surface area contributed by atoms with Crippen LogP contribution in [0.1, 0.15) is 17.9 Å². The summed E-state index contributed by atoms with van der Waals surface area (Å²) in [4.78, 5) is 0. The van der Waals surface area contributed by atoms with E-state index in [0.29, 0.717) is 30.0 Å². The van der Waals surface area contributed by atoms with Gasteiger partial charge in [-0.3, -0.25) is 0 Å². The molecule has 1 aliphatic heterocycles. The normalized spacial score (nSPS) is 19.8. The molecule has 1 saturated heterocycles. The van der Waals surface area contributed by atoms with Crippen LogP contribution in [0.15, 0.2) is 16.5 Å². The van der Waals surface area contributed by atoms with Gasteiger partial charge in [-0.05, 0) is 24.5 Å². The van der Waals surface area contributed by atoms with Gasteiger partial charge in [0.05, 0.1) is 18.9 Å². The number of rotatable bonds is 7. The summed E-state index contributed by atoms with van der Waals surface area (Å²) in [5, 5.41) is 3.29. The van der Waals surface area contributed by atoms with Crippen LogP contribution in [0.25, 0.3) is 0 Å². The first-order valence-corrected chi connectivity index (χ1v) is 7.04. The third kappa shape index (κ3) is 4.59. The third-order valence-electron chi connectivity index (χ3n) is 2.83. The molecule has 18 heavy (non-hydrogen) atoms. The van der Waals surface area contributed by atoms with Gasteiger partial charge in [-0.25, -0.2) is 0 Å². The van der Waals surface area contributed by atoms with Gasteiger partial charge in [0.25, 0.3) is 5.76 Å². The second-order valence-corrected chi connectivity index (χ2v) is 5.28. The zero-order valence-corrected chi connectivity index (χ0v) is 10.8. The van der Waals surface area contributed by atoms with Crippen molar-refractivity contribution in [3.63, 3.8) is 0 Å². The van der Waals surface area contributed by atoms with Crippen LogP contribution in [0.3, 0.4) is 0 Å². The first-order valence-electron chi connectivity index (χ1n) is 6.00. The molecule has 6 heteroatoms. The summed E-state index contributed by atoms with van der Waals surface area (Å²) in [6, 6.07) is 3.59. The number of halogens is 2. The van der Waals surface area contributed by atoms with Crippen LogP contribution in [0.2, 0.25) is 0 Å². The summed E-state index contributed by atoms with van der Waals surface area (Å²) >= 11 is 0.578. The fourth-order valence-corrected chi connectivity index (χ4v) is 2.33. The standard InChI is InChI=1S/C12H17F2NO2S/c13-12(14)18-8-11-2-1-10(17-11)6-15-5-9-3-4-16-7-9/h1-2,9,12,15H,3-8H2. The lowest BCUT2D eigenvalue weighted by Gasteiger charge is -2.07. The first-order chi connectivity index (χ1) is 8.74. The molecule has 102 valence electrons. The predicted octanol–water partition coefficient (Wildman–Crippen LogP) is 2.86. The van der Waals surface area contributed by atoms with Crippen molar-refractivity contribution in [2.75, 3.05) is 19.8 Å². The van der Waals surface area contributed by atoms with E-state index in [0.717, 1.165) is 31.9 Å². The monoisotopic (exact) mass is 277 g/mol. The quantitative estimate of drug-likeness (QED) is 0.831. The van der Waals surface area contributed by atoms with Crippen molar-refractivity contribution in [1.82, 2.24) is 5.32 Å². The molecule has 2 heterocycles. The number of furan rings is 1. The second-order valence-electron chi connectivity index (χ2n) is 4.30. The van der Waals surface area contributed by atoms with Crippen LogP contribution >= 0.6 is 11.8 Å². The van der Waals surface area contributed by atoms with E-state index in [4.69, 9.17) is 9.15 Å². The lowest BCUT2D eigenvalue weighted by molar-refractivity contribution is 0.185. The average molecular weight is 277 g/mol. The highest BCUT2D eigenvalue weighted by Crippen LogP contribution is 2.21. The number of ether oxygens (including phenoxy) is 1. The number of hydrogen-bond donors (Lipinski definition) is 1. The van der Waals surface area contributed by atoms with E-state index < -0.39 is 5.76 Å². The molecule has 3 nitrogen and oxygen atoms in total. The molecule has 1 fully saturated rings. The van der Waals surface area contributed by atoms with Crippen LogP contribution < -0.4 is 5.32 Å². The molecular weight excluding hydrogens is 260 g/mol. The SMILES string of the molecule is FC(F)SCc1ccc(CNCC2CCOC2)o1. The minimum absolute atomic E-state index is 0.216. The van der Waals surface area contributed by atoms with E-state index in [-0.39, 0.29) is 5.75 Å². The van der Waals surface area contributed by atoms with Gasteiger partial charge in [-0.1, -0.05) is 11.8 Å². The van der Waals surface area contributed by atoms with E-state index in [1.165, 1.54) is 0 Å². The summed E-state index contributed by atoms with van der Waals surface area (Å²) in [6.45, 7) is 3.21. The molecule has 0 amide bonds. The molecule has 1 aromatic rings. The molecule has 2 rings (SSSR count). The molecular formula is C12H17F2NO2S. The summed E-state index contributed by atoms with van der Waals surface area (Å²) in [6.07, 6.45) is 1.10. The minimum atomic E-state index is -2.35. The van der Waals surface area contributed by atoms with Crippen LogP contribution in [-0.2, 0) is 17.0 Å². The number of thioether (sulfide) groups is 1. The Morgan fingerprint density at radius 1 is 1.39 bits per heavy atom. The third-order valence-corrected chi connectivity index (χ3v) is 3.53. The Morgan fingerprint density at radius 2 is 2.22 bits per heavy atom.